The second-order valence-corrected chi connectivity index (χ2v) is 6.58. The lowest BCUT2D eigenvalue weighted by Gasteiger charge is -2.12. The molecule has 19 heavy (non-hydrogen) atoms. The first-order valence-corrected chi connectivity index (χ1v) is 7.90. The summed E-state index contributed by atoms with van der Waals surface area (Å²) in [4.78, 5) is 0.345. The summed E-state index contributed by atoms with van der Waals surface area (Å²) in [7, 11) is -3.20. The molecule has 0 heterocycles. The summed E-state index contributed by atoms with van der Waals surface area (Å²) in [6.45, 7) is 8.87. The average molecular weight is 283 g/mol. The van der Waals surface area contributed by atoms with E-state index in [1.165, 1.54) is 0 Å². The third-order valence-corrected chi connectivity index (χ3v) is 4.30. The molecule has 0 bridgehead atoms. The van der Waals surface area contributed by atoms with E-state index in [4.69, 9.17) is 4.74 Å². The van der Waals surface area contributed by atoms with Crippen LogP contribution in [0.1, 0.15) is 13.8 Å². The monoisotopic (exact) mass is 283 g/mol. The van der Waals surface area contributed by atoms with Crippen LogP contribution in [0.4, 0.5) is 5.69 Å². The molecule has 0 aliphatic carbocycles. The first-order chi connectivity index (χ1) is 8.97. The molecule has 0 amide bonds. The molecule has 1 aromatic carbocycles. The molecule has 0 saturated carbocycles. The minimum atomic E-state index is -3.20. The fourth-order valence-corrected chi connectivity index (χ4v) is 2.62. The molecule has 4 nitrogen and oxygen atoms in total. The topological polar surface area (TPSA) is 55.4 Å². The molecule has 0 unspecified atom stereocenters. The van der Waals surface area contributed by atoms with Gasteiger partial charge in [0.15, 0.2) is 9.84 Å². The Labute approximate surface area is 115 Å². The lowest BCUT2D eigenvalue weighted by molar-refractivity contribution is 0.167. The Bertz CT molecular complexity index is 523. The molecule has 0 aliphatic heterocycles. The van der Waals surface area contributed by atoms with Gasteiger partial charge in [-0.2, -0.15) is 0 Å². The maximum Gasteiger partial charge on any atom is 0.180 e. The summed E-state index contributed by atoms with van der Waals surface area (Å²) in [5.74, 6) is 0.0951. The third-order valence-electron chi connectivity index (χ3n) is 2.51. The van der Waals surface area contributed by atoms with E-state index in [0.29, 0.717) is 30.3 Å². The fourth-order valence-electron chi connectivity index (χ4n) is 1.54. The number of nitrogens with one attached hydrogen (secondary N) is 1. The molecule has 1 N–H and O–H groups in total. The van der Waals surface area contributed by atoms with Gasteiger partial charge in [-0.3, -0.25) is 0 Å². The van der Waals surface area contributed by atoms with Crippen molar-refractivity contribution in [2.24, 2.45) is 0 Å². The van der Waals surface area contributed by atoms with Gasteiger partial charge in [0.25, 0.3) is 0 Å². The molecule has 0 aliphatic rings. The number of rotatable bonds is 8. The smallest absolute Gasteiger partial charge is 0.180 e. The molecule has 1 rings (SSSR count). The van der Waals surface area contributed by atoms with Crippen molar-refractivity contribution in [2.45, 2.75) is 18.7 Å². The normalized spacial score (nSPS) is 11.3. The maximum atomic E-state index is 11.9. The maximum absolute atomic E-state index is 11.9. The van der Waals surface area contributed by atoms with Crippen molar-refractivity contribution in [3.05, 3.63) is 36.4 Å². The Morgan fingerprint density at radius 3 is 2.68 bits per heavy atom. The van der Waals surface area contributed by atoms with Crippen molar-refractivity contribution in [3.8, 4) is 0 Å². The van der Waals surface area contributed by atoms with E-state index in [9.17, 15) is 8.42 Å². The van der Waals surface area contributed by atoms with Gasteiger partial charge in [0.1, 0.15) is 0 Å². The molecule has 106 valence electrons. The molecule has 0 atom stereocenters. The van der Waals surface area contributed by atoms with E-state index in [1.54, 1.807) is 25.1 Å². The number of hydrogen-bond donors (Lipinski definition) is 1. The summed E-state index contributed by atoms with van der Waals surface area (Å²) in [6.07, 6.45) is 0. The van der Waals surface area contributed by atoms with Crippen molar-refractivity contribution in [1.82, 2.24) is 0 Å². The molecule has 0 saturated heterocycles. The third kappa shape index (κ3) is 5.04. The summed E-state index contributed by atoms with van der Waals surface area (Å²) < 4.78 is 29.2. The predicted octanol–water partition coefficient (Wildman–Crippen LogP) is 2.48. The zero-order valence-corrected chi connectivity index (χ0v) is 12.3. The van der Waals surface area contributed by atoms with Crippen LogP contribution < -0.4 is 5.32 Å². The van der Waals surface area contributed by atoms with E-state index in [2.05, 4.69) is 11.9 Å². The van der Waals surface area contributed by atoms with Gasteiger partial charge < -0.3 is 10.1 Å². The van der Waals surface area contributed by atoms with Gasteiger partial charge in [-0.15, -0.1) is 0 Å². The number of para-hydroxylation sites is 1. The van der Waals surface area contributed by atoms with Crippen LogP contribution in [-0.2, 0) is 14.6 Å². The van der Waals surface area contributed by atoms with E-state index in [1.807, 2.05) is 13.0 Å². The van der Waals surface area contributed by atoms with Gasteiger partial charge in [-0.1, -0.05) is 31.2 Å². The SMILES string of the molecule is C=C(C)COCCNc1ccccc1S(=O)(=O)CC. The van der Waals surface area contributed by atoms with Crippen LogP contribution in [-0.4, -0.2) is 33.9 Å². The molecule has 0 radical (unpaired) electrons. The van der Waals surface area contributed by atoms with E-state index in [0.717, 1.165) is 5.57 Å². The summed E-state index contributed by atoms with van der Waals surface area (Å²) >= 11 is 0. The van der Waals surface area contributed by atoms with Crippen LogP contribution in [0.25, 0.3) is 0 Å². The summed E-state index contributed by atoms with van der Waals surface area (Å²) in [6, 6.07) is 6.92. The van der Waals surface area contributed by atoms with Crippen molar-refractivity contribution >= 4 is 15.5 Å². The van der Waals surface area contributed by atoms with Crippen LogP contribution in [0.15, 0.2) is 41.3 Å². The van der Waals surface area contributed by atoms with Crippen LogP contribution in [0.2, 0.25) is 0 Å². The quantitative estimate of drug-likeness (QED) is 0.588. The number of anilines is 1. The van der Waals surface area contributed by atoms with Crippen molar-refractivity contribution < 1.29 is 13.2 Å². The first-order valence-electron chi connectivity index (χ1n) is 6.25. The molecule has 0 aromatic heterocycles. The molecule has 0 spiro atoms. The Kier molecular flexibility index (Phi) is 6.05. The largest absolute Gasteiger partial charge is 0.382 e. The van der Waals surface area contributed by atoms with Gasteiger partial charge in [-0.25, -0.2) is 8.42 Å². The van der Waals surface area contributed by atoms with Gasteiger partial charge in [0.05, 0.1) is 29.5 Å². The molecule has 5 heteroatoms. The summed E-state index contributed by atoms with van der Waals surface area (Å²) in [5, 5.41) is 3.09. The highest BCUT2D eigenvalue weighted by molar-refractivity contribution is 7.91. The zero-order valence-electron chi connectivity index (χ0n) is 11.5. The van der Waals surface area contributed by atoms with E-state index >= 15 is 0 Å². The van der Waals surface area contributed by atoms with Gasteiger partial charge in [0, 0.05) is 6.54 Å². The minimum Gasteiger partial charge on any atom is -0.382 e. The second kappa shape index (κ2) is 7.31. The average Bonchev–Trinajstić information content (AvgIpc) is 2.38. The second-order valence-electron chi connectivity index (χ2n) is 4.34. The molecule has 0 fully saturated rings. The lowest BCUT2D eigenvalue weighted by Crippen LogP contribution is -2.13. The number of hydrogen-bond acceptors (Lipinski definition) is 4. The Morgan fingerprint density at radius 1 is 1.37 bits per heavy atom. The molecule has 1 aromatic rings. The zero-order chi connectivity index (χ0) is 14.3. The number of ether oxygens (including phenoxy) is 1. The van der Waals surface area contributed by atoms with Crippen molar-refractivity contribution in [3.63, 3.8) is 0 Å². The van der Waals surface area contributed by atoms with Crippen LogP contribution >= 0.6 is 0 Å². The molecular formula is C14H21NO3S. The Hall–Kier alpha value is -1.33. The predicted molar refractivity (Wildman–Crippen MR) is 78.3 cm³/mol. The summed E-state index contributed by atoms with van der Waals surface area (Å²) in [5.41, 5.74) is 1.59. The minimum absolute atomic E-state index is 0.0951. The van der Waals surface area contributed by atoms with Crippen LogP contribution in [0, 0.1) is 0 Å². The van der Waals surface area contributed by atoms with Gasteiger partial charge in [-0.05, 0) is 19.1 Å². The first kappa shape index (κ1) is 15.7. The van der Waals surface area contributed by atoms with E-state index < -0.39 is 9.84 Å². The number of benzene rings is 1. The highest BCUT2D eigenvalue weighted by Gasteiger charge is 2.15. The molecular weight excluding hydrogens is 262 g/mol. The van der Waals surface area contributed by atoms with Gasteiger partial charge >= 0.3 is 0 Å². The Balaban J connectivity index is 2.62. The highest BCUT2D eigenvalue weighted by Crippen LogP contribution is 2.21. The van der Waals surface area contributed by atoms with E-state index in [-0.39, 0.29) is 5.75 Å². The number of sulfone groups is 1. The van der Waals surface area contributed by atoms with Gasteiger partial charge in [0.2, 0.25) is 0 Å². The fraction of sp³-hybridized carbons (Fsp3) is 0.429. The van der Waals surface area contributed by atoms with Crippen LogP contribution in [0.5, 0.6) is 0 Å². The lowest BCUT2D eigenvalue weighted by atomic mass is 10.3. The highest BCUT2D eigenvalue weighted by atomic mass is 32.2. The van der Waals surface area contributed by atoms with Crippen LogP contribution in [0.3, 0.4) is 0 Å². The Morgan fingerprint density at radius 2 is 2.05 bits per heavy atom. The van der Waals surface area contributed by atoms with Crippen molar-refractivity contribution in [2.75, 3.05) is 30.8 Å². The standard InChI is InChI=1S/C14H21NO3S/c1-4-19(16,17)14-8-6-5-7-13(14)15-9-10-18-11-12(2)3/h5-8,15H,2,4,9-11H2,1,3H3. The van der Waals surface area contributed by atoms with Crippen molar-refractivity contribution in [1.29, 1.82) is 0 Å².